The van der Waals surface area contributed by atoms with Gasteiger partial charge in [-0.05, 0) is 50.3 Å². The summed E-state index contributed by atoms with van der Waals surface area (Å²) in [5.41, 5.74) is -7.04. The van der Waals surface area contributed by atoms with Crippen LogP contribution in [0.3, 0.4) is 0 Å². The first kappa shape index (κ1) is 30.6. The fraction of sp³-hybridized carbons (Fsp3) is 0.346. The molecule has 0 unspecified atom stereocenters. The van der Waals surface area contributed by atoms with Gasteiger partial charge in [0, 0.05) is 25.1 Å². The summed E-state index contributed by atoms with van der Waals surface area (Å²) in [5.74, 6) is -1.24. The molecule has 0 aliphatic heterocycles. The normalized spacial score (nSPS) is 13.4. The number of halogens is 7. The molecule has 224 valence electrons. The number of hydrogen-bond donors (Lipinski definition) is 3. The fourth-order valence-corrected chi connectivity index (χ4v) is 4.31. The highest BCUT2D eigenvalue weighted by molar-refractivity contribution is 5.86. The smallest absolute Gasteiger partial charge is 0.388 e. The summed E-state index contributed by atoms with van der Waals surface area (Å²) in [6, 6.07) is 2.64. The molecule has 4 aromatic rings. The van der Waals surface area contributed by atoms with Crippen molar-refractivity contribution in [1.82, 2.24) is 24.7 Å². The minimum Gasteiger partial charge on any atom is -0.388 e. The molecule has 9 nitrogen and oxygen atoms in total. The van der Waals surface area contributed by atoms with E-state index in [4.69, 9.17) is 0 Å². The molecule has 3 N–H and O–H groups in total. The van der Waals surface area contributed by atoms with Crippen molar-refractivity contribution in [2.45, 2.75) is 57.2 Å². The highest BCUT2D eigenvalue weighted by atomic mass is 19.4. The maximum atomic E-state index is 14.9. The molecule has 3 heterocycles. The van der Waals surface area contributed by atoms with Gasteiger partial charge in [-0.15, -0.1) is 0 Å². The van der Waals surface area contributed by atoms with Crippen LogP contribution in [-0.4, -0.2) is 41.5 Å². The molecular weight excluding hydrogens is 577 g/mol. The highest BCUT2D eigenvalue weighted by Crippen LogP contribution is 2.33. The molecule has 1 aromatic carbocycles. The van der Waals surface area contributed by atoms with E-state index in [9.17, 15) is 45.4 Å². The fourth-order valence-electron chi connectivity index (χ4n) is 4.31. The number of alkyl halides is 6. The number of hydrogen-bond acceptors (Lipinski definition) is 7. The van der Waals surface area contributed by atoms with Crippen LogP contribution in [0.2, 0.25) is 0 Å². The Kier molecular flexibility index (Phi) is 8.13. The van der Waals surface area contributed by atoms with Crippen LogP contribution < -0.4 is 16.4 Å². The second kappa shape index (κ2) is 11.2. The number of nitrogens with zero attached hydrogens (tertiary/aromatic N) is 4. The van der Waals surface area contributed by atoms with E-state index in [2.05, 4.69) is 20.4 Å². The number of rotatable bonds is 8. The van der Waals surface area contributed by atoms with E-state index in [0.29, 0.717) is 12.4 Å². The predicted molar refractivity (Wildman–Crippen MR) is 137 cm³/mol. The lowest BCUT2D eigenvalue weighted by Gasteiger charge is -2.31. The van der Waals surface area contributed by atoms with E-state index in [0.717, 1.165) is 12.3 Å². The van der Waals surface area contributed by atoms with Gasteiger partial charge in [0.25, 0.3) is 11.1 Å². The lowest BCUT2D eigenvalue weighted by atomic mass is 9.94. The van der Waals surface area contributed by atoms with Crippen LogP contribution in [0.4, 0.5) is 36.4 Å². The van der Waals surface area contributed by atoms with E-state index in [1.807, 2.05) is 0 Å². The minimum absolute atomic E-state index is 0.0350. The molecule has 0 fully saturated rings. The van der Waals surface area contributed by atoms with E-state index in [1.165, 1.54) is 36.7 Å². The molecule has 4 rings (SSSR count). The van der Waals surface area contributed by atoms with E-state index in [-0.39, 0.29) is 41.5 Å². The maximum absolute atomic E-state index is 14.9. The molecule has 1 atom stereocenters. The quantitative estimate of drug-likeness (QED) is 0.249. The van der Waals surface area contributed by atoms with Crippen LogP contribution in [0.25, 0.3) is 22.2 Å². The Hall–Kier alpha value is -4.34. The first-order valence-corrected chi connectivity index (χ1v) is 12.3. The van der Waals surface area contributed by atoms with Crippen LogP contribution in [0.5, 0.6) is 0 Å². The molecule has 0 aliphatic carbocycles. The Morgan fingerprint density at radius 2 is 1.69 bits per heavy atom. The van der Waals surface area contributed by atoms with E-state index in [1.54, 1.807) is 5.10 Å². The van der Waals surface area contributed by atoms with Gasteiger partial charge in [-0.2, -0.15) is 31.4 Å². The van der Waals surface area contributed by atoms with Gasteiger partial charge in [-0.1, -0.05) is 0 Å². The number of fused-ring (bicyclic) bond motifs is 1. The molecule has 0 spiro atoms. The number of aromatic nitrogens is 5. The number of pyridine rings is 1. The van der Waals surface area contributed by atoms with E-state index >= 15 is 0 Å². The summed E-state index contributed by atoms with van der Waals surface area (Å²) in [6.45, 7) is 2.76. The SMILES string of the molecule is CC(C)(O)[C@@H](CCCn1ccc2cc(-c3ncc(C(F)(F)F)cn3)c(F)cc2c1=O)Nc1cn[nH]c(=O)c1C(F)(F)F. The summed E-state index contributed by atoms with van der Waals surface area (Å²) in [4.78, 5) is 32.0. The largest absolute Gasteiger partial charge is 0.423 e. The zero-order valence-corrected chi connectivity index (χ0v) is 21.9. The van der Waals surface area contributed by atoms with Crippen LogP contribution in [0, 0.1) is 5.82 Å². The van der Waals surface area contributed by atoms with Gasteiger partial charge in [-0.25, -0.2) is 19.5 Å². The van der Waals surface area contributed by atoms with Crippen molar-refractivity contribution in [1.29, 1.82) is 0 Å². The zero-order valence-electron chi connectivity index (χ0n) is 21.9. The van der Waals surface area contributed by atoms with Crippen molar-refractivity contribution in [3.63, 3.8) is 0 Å². The number of H-pyrrole nitrogens is 1. The molecule has 0 amide bonds. The third-order valence-electron chi connectivity index (χ3n) is 6.50. The Morgan fingerprint density at radius 3 is 2.29 bits per heavy atom. The molecule has 3 aromatic heterocycles. The van der Waals surface area contributed by atoms with Crippen molar-refractivity contribution >= 4 is 16.5 Å². The Bertz CT molecular complexity index is 1710. The second-order valence-corrected chi connectivity index (χ2v) is 10.0. The van der Waals surface area contributed by atoms with Crippen molar-refractivity contribution in [3.8, 4) is 11.4 Å². The molecule has 42 heavy (non-hydrogen) atoms. The third-order valence-corrected chi connectivity index (χ3v) is 6.50. The molecule has 0 aliphatic rings. The van der Waals surface area contributed by atoms with Crippen molar-refractivity contribution in [2.75, 3.05) is 5.32 Å². The number of aliphatic hydroxyl groups is 1. The summed E-state index contributed by atoms with van der Waals surface area (Å²) >= 11 is 0. The minimum atomic E-state index is -4.99. The monoisotopic (exact) mass is 600 g/mol. The molecule has 0 bridgehead atoms. The Labute approximate surface area is 232 Å². The average molecular weight is 600 g/mol. The number of benzene rings is 1. The van der Waals surface area contributed by atoms with Crippen molar-refractivity contribution in [3.05, 3.63) is 80.6 Å². The topological polar surface area (TPSA) is 126 Å². The number of nitrogens with one attached hydrogen (secondary N) is 2. The molecule has 0 saturated carbocycles. The zero-order chi connectivity index (χ0) is 31.0. The van der Waals surface area contributed by atoms with Crippen LogP contribution in [-0.2, 0) is 18.9 Å². The number of aryl methyl sites for hydroxylation is 1. The number of aromatic amines is 1. The van der Waals surface area contributed by atoms with Crippen LogP contribution in [0.15, 0.2) is 52.6 Å². The van der Waals surface area contributed by atoms with Gasteiger partial charge < -0.3 is 15.0 Å². The van der Waals surface area contributed by atoms with Crippen molar-refractivity contribution < 1.29 is 35.8 Å². The van der Waals surface area contributed by atoms with Gasteiger partial charge in [0.2, 0.25) is 0 Å². The Balaban J connectivity index is 1.54. The van der Waals surface area contributed by atoms with Gasteiger partial charge in [0.05, 0.1) is 40.0 Å². The van der Waals surface area contributed by atoms with Gasteiger partial charge in [-0.3, -0.25) is 9.59 Å². The standard InChI is InChI=1S/C26H23F7N6O3/c1-24(2,42)19(37-18-12-36-38-22(40)20(18)26(31,32)33)4-3-6-39-7-5-13-8-16(17(27)9-15(13)23(39)41)21-34-10-14(11-35-21)25(28,29)30/h5,7-12,19,42H,3-4,6H2,1-2H3,(H2,37,38,40)/t19-/m1/s1. The summed E-state index contributed by atoms with van der Waals surface area (Å²) in [7, 11) is 0. The van der Waals surface area contributed by atoms with Gasteiger partial charge in [0.15, 0.2) is 5.82 Å². The highest BCUT2D eigenvalue weighted by Gasteiger charge is 2.39. The van der Waals surface area contributed by atoms with E-state index < -0.39 is 57.7 Å². The second-order valence-electron chi connectivity index (χ2n) is 10.0. The molecule has 0 saturated heterocycles. The Morgan fingerprint density at radius 1 is 1.02 bits per heavy atom. The van der Waals surface area contributed by atoms with Gasteiger partial charge >= 0.3 is 12.4 Å². The van der Waals surface area contributed by atoms with Gasteiger partial charge in [0.1, 0.15) is 11.4 Å². The third kappa shape index (κ3) is 6.58. The number of anilines is 1. The summed E-state index contributed by atoms with van der Waals surface area (Å²) in [6.07, 6.45) is -6.20. The van der Waals surface area contributed by atoms with Crippen molar-refractivity contribution in [2.24, 2.45) is 0 Å². The first-order valence-electron chi connectivity index (χ1n) is 12.3. The van der Waals surface area contributed by atoms with Crippen LogP contribution in [0.1, 0.15) is 37.8 Å². The van der Waals surface area contributed by atoms with Crippen LogP contribution >= 0.6 is 0 Å². The lowest BCUT2D eigenvalue weighted by Crippen LogP contribution is -2.43. The predicted octanol–water partition coefficient (Wildman–Crippen LogP) is 4.75. The molecular formula is C26H23F7N6O3. The first-order chi connectivity index (χ1) is 19.5. The lowest BCUT2D eigenvalue weighted by molar-refractivity contribution is -0.139. The average Bonchev–Trinajstić information content (AvgIpc) is 2.87. The summed E-state index contributed by atoms with van der Waals surface area (Å²) < 4.78 is 94.9. The molecule has 0 radical (unpaired) electrons. The molecule has 16 heteroatoms. The maximum Gasteiger partial charge on any atom is 0.423 e. The summed E-state index contributed by atoms with van der Waals surface area (Å²) in [5, 5.41) is 18.5.